The van der Waals surface area contributed by atoms with Gasteiger partial charge in [-0.3, -0.25) is 4.79 Å². The van der Waals surface area contributed by atoms with E-state index in [1.54, 1.807) is 0 Å². The summed E-state index contributed by atoms with van der Waals surface area (Å²) in [5.74, 6) is 0.592. The number of hydrogen-bond acceptors (Lipinski definition) is 5. The second-order valence-corrected chi connectivity index (χ2v) is 8.12. The number of anilines is 1. The predicted molar refractivity (Wildman–Crippen MR) is 115 cm³/mol. The molecular formula is C19H17BrClFN4O2S. The van der Waals surface area contributed by atoms with E-state index in [0.717, 1.165) is 10.2 Å². The Balaban J connectivity index is 1.57. The lowest BCUT2D eigenvalue weighted by Crippen LogP contribution is -2.14. The van der Waals surface area contributed by atoms with Crippen LogP contribution in [0.3, 0.4) is 0 Å². The average Bonchev–Trinajstić information content (AvgIpc) is 3.11. The normalized spacial score (nSPS) is 10.8. The molecule has 152 valence electrons. The molecule has 0 aliphatic heterocycles. The van der Waals surface area contributed by atoms with Crippen molar-refractivity contribution in [1.29, 1.82) is 0 Å². The number of amides is 1. The van der Waals surface area contributed by atoms with Crippen molar-refractivity contribution in [3.63, 3.8) is 0 Å². The van der Waals surface area contributed by atoms with Gasteiger partial charge in [0.15, 0.2) is 11.0 Å². The Morgan fingerprint density at radius 1 is 1.28 bits per heavy atom. The molecule has 0 fully saturated rings. The number of nitrogens with one attached hydrogen (secondary N) is 1. The summed E-state index contributed by atoms with van der Waals surface area (Å²) in [5.41, 5.74) is 0.725. The third-order valence-electron chi connectivity index (χ3n) is 3.83. The Morgan fingerprint density at radius 3 is 2.72 bits per heavy atom. The van der Waals surface area contributed by atoms with Crippen LogP contribution in [0.1, 0.15) is 12.7 Å². The molecule has 1 amide bonds. The highest BCUT2D eigenvalue weighted by Crippen LogP contribution is 2.23. The lowest BCUT2D eigenvalue weighted by atomic mass is 10.3. The zero-order valence-electron chi connectivity index (χ0n) is 15.4. The first kappa shape index (κ1) is 21.6. The van der Waals surface area contributed by atoms with Gasteiger partial charge in [0.1, 0.15) is 18.2 Å². The van der Waals surface area contributed by atoms with Crippen LogP contribution in [0.2, 0.25) is 5.02 Å². The molecule has 0 radical (unpaired) electrons. The van der Waals surface area contributed by atoms with Gasteiger partial charge in [-0.05, 0) is 43.3 Å². The molecule has 10 heteroatoms. The Bertz CT molecular complexity index is 1000. The van der Waals surface area contributed by atoms with E-state index in [4.69, 9.17) is 16.3 Å². The van der Waals surface area contributed by atoms with Gasteiger partial charge in [0, 0.05) is 22.8 Å². The highest BCUT2D eigenvalue weighted by molar-refractivity contribution is 9.10. The maximum atomic E-state index is 13.2. The molecule has 0 aliphatic rings. The molecule has 0 unspecified atom stereocenters. The van der Waals surface area contributed by atoms with Crippen molar-refractivity contribution in [2.45, 2.75) is 25.2 Å². The van der Waals surface area contributed by atoms with Crippen LogP contribution in [0.25, 0.3) is 0 Å². The third kappa shape index (κ3) is 5.94. The van der Waals surface area contributed by atoms with Crippen molar-refractivity contribution in [2.75, 3.05) is 11.1 Å². The zero-order valence-corrected chi connectivity index (χ0v) is 18.5. The van der Waals surface area contributed by atoms with Crippen LogP contribution in [0.15, 0.2) is 52.1 Å². The van der Waals surface area contributed by atoms with Crippen LogP contribution in [0, 0.1) is 5.82 Å². The lowest BCUT2D eigenvalue weighted by molar-refractivity contribution is -0.113. The molecule has 0 aliphatic carbocycles. The summed E-state index contributed by atoms with van der Waals surface area (Å²) in [6.45, 7) is 2.72. The second-order valence-electron chi connectivity index (χ2n) is 5.85. The maximum absolute atomic E-state index is 13.2. The smallest absolute Gasteiger partial charge is 0.234 e. The van der Waals surface area contributed by atoms with Crippen LogP contribution >= 0.6 is 39.3 Å². The molecule has 1 aromatic heterocycles. The predicted octanol–water partition coefficient (Wildman–Crippen LogP) is 5.16. The Kier molecular flexibility index (Phi) is 7.51. The average molecular weight is 500 g/mol. The van der Waals surface area contributed by atoms with Crippen LogP contribution in [-0.2, 0) is 17.9 Å². The summed E-state index contributed by atoms with van der Waals surface area (Å²) < 4.78 is 21.7. The van der Waals surface area contributed by atoms with Gasteiger partial charge in [-0.2, -0.15) is 0 Å². The highest BCUT2D eigenvalue weighted by atomic mass is 79.9. The first-order valence-electron chi connectivity index (χ1n) is 8.64. The van der Waals surface area contributed by atoms with Crippen LogP contribution in [-0.4, -0.2) is 26.4 Å². The standard InChI is InChI=1S/C19H17BrClFN4O2S/c1-2-26-17(10-28-14-7-8-16(22)15(21)9-14)24-25-19(26)29-11-18(27)23-13-5-3-12(20)4-6-13/h3-9H,2,10-11H2,1H3,(H,23,27). The number of ether oxygens (including phenoxy) is 1. The largest absolute Gasteiger partial charge is 0.486 e. The molecule has 0 atom stereocenters. The number of carbonyl (C=O) groups excluding carboxylic acids is 1. The SMILES string of the molecule is CCn1c(COc2ccc(F)c(Cl)c2)nnc1SCC(=O)Nc1ccc(Br)cc1. The molecule has 0 bridgehead atoms. The van der Waals surface area contributed by atoms with Gasteiger partial charge in [-0.1, -0.05) is 39.3 Å². The number of thioether (sulfide) groups is 1. The van der Waals surface area contributed by atoms with E-state index in [-0.39, 0.29) is 23.3 Å². The number of hydrogen-bond donors (Lipinski definition) is 1. The van der Waals surface area contributed by atoms with Crippen LogP contribution in [0.5, 0.6) is 5.75 Å². The minimum Gasteiger partial charge on any atom is -0.486 e. The van der Waals surface area contributed by atoms with E-state index in [1.165, 1.54) is 30.0 Å². The van der Waals surface area contributed by atoms with E-state index in [2.05, 4.69) is 31.4 Å². The van der Waals surface area contributed by atoms with E-state index in [9.17, 15) is 9.18 Å². The fourth-order valence-electron chi connectivity index (χ4n) is 2.43. The van der Waals surface area contributed by atoms with E-state index >= 15 is 0 Å². The molecule has 1 heterocycles. The highest BCUT2D eigenvalue weighted by Gasteiger charge is 2.14. The number of halogens is 3. The number of rotatable bonds is 8. The fourth-order valence-corrected chi connectivity index (χ4v) is 3.68. The zero-order chi connectivity index (χ0) is 20.8. The van der Waals surface area contributed by atoms with Gasteiger partial charge in [0.2, 0.25) is 5.91 Å². The molecule has 6 nitrogen and oxygen atoms in total. The Hall–Kier alpha value is -2.10. The molecule has 2 aromatic carbocycles. The first-order chi connectivity index (χ1) is 14.0. The van der Waals surface area contributed by atoms with Gasteiger partial charge >= 0.3 is 0 Å². The summed E-state index contributed by atoms with van der Waals surface area (Å²) in [4.78, 5) is 12.2. The van der Waals surface area contributed by atoms with Crippen molar-refractivity contribution in [3.05, 3.63) is 63.6 Å². The molecule has 0 saturated carbocycles. The summed E-state index contributed by atoms with van der Waals surface area (Å²) in [5, 5.41) is 11.7. The quantitative estimate of drug-likeness (QED) is 0.434. The van der Waals surface area contributed by atoms with Gasteiger partial charge in [-0.15, -0.1) is 10.2 Å². The number of nitrogens with zero attached hydrogens (tertiary/aromatic N) is 3. The first-order valence-corrected chi connectivity index (χ1v) is 10.8. The van der Waals surface area contributed by atoms with E-state index in [0.29, 0.717) is 23.3 Å². The summed E-state index contributed by atoms with van der Waals surface area (Å²) in [6.07, 6.45) is 0. The van der Waals surface area contributed by atoms with Crippen molar-refractivity contribution in [1.82, 2.24) is 14.8 Å². The molecule has 1 N–H and O–H groups in total. The Morgan fingerprint density at radius 2 is 2.03 bits per heavy atom. The number of carbonyl (C=O) groups is 1. The lowest BCUT2D eigenvalue weighted by Gasteiger charge is -2.09. The molecule has 29 heavy (non-hydrogen) atoms. The summed E-state index contributed by atoms with van der Waals surface area (Å²) in [6, 6.07) is 11.5. The van der Waals surface area contributed by atoms with Crippen LogP contribution < -0.4 is 10.1 Å². The minimum atomic E-state index is -0.504. The summed E-state index contributed by atoms with van der Waals surface area (Å²) in [7, 11) is 0. The van der Waals surface area contributed by atoms with Crippen molar-refractivity contribution in [3.8, 4) is 5.75 Å². The topological polar surface area (TPSA) is 69.0 Å². The summed E-state index contributed by atoms with van der Waals surface area (Å²) >= 11 is 10.4. The second kappa shape index (κ2) is 10.1. The molecule has 3 aromatic rings. The van der Waals surface area contributed by atoms with Crippen molar-refractivity contribution in [2.24, 2.45) is 0 Å². The van der Waals surface area contributed by atoms with Gasteiger partial charge in [0.05, 0.1) is 10.8 Å². The molecule has 0 spiro atoms. The minimum absolute atomic E-state index is 0.00695. The van der Waals surface area contributed by atoms with Gasteiger partial charge in [-0.25, -0.2) is 4.39 Å². The molecule has 3 rings (SSSR count). The number of benzene rings is 2. The number of aromatic nitrogens is 3. The van der Waals surface area contributed by atoms with Crippen LogP contribution in [0.4, 0.5) is 10.1 Å². The van der Waals surface area contributed by atoms with E-state index < -0.39 is 5.82 Å². The Labute approximate surface area is 184 Å². The monoisotopic (exact) mass is 498 g/mol. The molecular weight excluding hydrogens is 483 g/mol. The van der Waals surface area contributed by atoms with Crippen molar-refractivity contribution < 1.29 is 13.9 Å². The van der Waals surface area contributed by atoms with E-state index in [1.807, 2.05) is 35.8 Å². The molecule has 0 saturated heterocycles. The maximum Gasteiger partial charge on any atom is 0.234 e. The van der Waals surface area contributed by atoms with Gasteiger partial charge in [0.25, 0.3) is 0 Å². The fraction of sp³-hybridized carbons (Fsp3) is 0.211. The third-order valence-corrected chi connectivity index (χ3v) is 5.61. The van der Waals surface area contributed by atoms with Crippen molar-refractivity contribution >= 4 is 50.9 Å². The van der Waals surface area contributed by atoms with Gasteiger partial charge < -0.3 is 14.6 Å².